The first-order valence-electron chi connectivity index (χ1n) is 5.39. The zero-order chi connectivity index (χ0) is 12.1. The lowest BCUT2D eigenvalue weighted by atomic mass is 10.2. The maximum Gasteiger partial charge on any atom is 0.328 e. The maximum atomic E-state index is 11.8. The number of ether oxygens (including phenoxy) is 1. The Morgan fingerprint density at radius 1 is 1.62 bits per heavy atom. The number of aryl methyl sites for hydroxylation is 1. The van der Waals surface area contributed by atoms with Crippen molar-refractivity contribution in [3.8, 4) is 0 Å². The highest BCUT2D eigenvalue weighted by Crippen LogP contribution is 2.23. The second-order valence-corrected chi connectivity index (χ2v) is 4.69. The number of carbonyl (C=O) groups excluding carboxylic acids is 1. The number of hydrogen-bond acceptors (Lipinski definition) is 5. The van der Waals surface area contributed by atoms with Crippen LogP contribution in [0.5, 0.6) is 0 Å². The second-order valence-electron chi connectivity index (χ2n) is 3.81. The molecule has 0 saturated heterocycles. The lowest BCUT2D eigenvalue weighted by Crippen LogP contribution is -2.34. The van der Waals surface area contributed by atoms with E-state index >= 15 is 0 Å². The van der Waals surface area contributed by atoms with E-state index in [0.29, 0.717) is 6.61 Å². The van der Waals surface area contributed by atoms with Crippen molar-refractivity contribution in [3.05, 3.63) is 16.1 Å². The van der Waals surface area contributed by atoms with Gasteiger partial charge in [-0.25, -0.2) is 9.78 Å². The summed E-state index contributed by atoms with van der Waals surface area (Å²) in [5.74, 6) is -0.233. The Balaban J connectivity index is 2.87. The summed E-state index contributed by atoms with van der Waals surface area (Å²) in [5.41, 5.74) is 2.63. The van der Waals surface area contributed by atoms with Crippen LogP contribution in [0.1, 0.15) is 37.4 Å². The third-order valence-corrected chi connectivity index (χ3v) is 3.06. The molecular formula is C11H18N2O2S. The van der Waals surface area contributed by atoms with Crippen molar-refractivity contribution >= 4 is 17.3 Å². The van der Waals surface area contributed by atoms with Gasteiger partial charge in [0.1, 0.15) is 6.04 Å². The molecule has 0 aliphatic heterocycles. The Labute approximate surface area is 100 Å². The summed E-state index contributed by atoms with van der Waals surface area (Å²) in [6.07, 6.45) is 0. The Kier molecular flexibility index (Phi) is 4.89. The van der Waals surface area contributed by atoms with Crippen LogP contribution in [0.15, 0.2) is 5.51 Å². The van der Waals surface area contributed by atoms with Gasteiger partial charge >= 0.3 is 5.97 Å². The first-order valence-corrected chi connectivity index (χ1v) is 6.26. The van der Waals surface area contributed by atoms with Crippen LogP contribution < -0.4 is 5.32 Å². The van der Waals surface area contributed by atoms with Crippen molar-refractivity contribution in [1.82, 2.24) is 10.3 Å². The van der Waals surface area contributed by atoms with E-state index in [2.05, 4.69) is 10.3 Å². The SMILES string of the molecule is CCOC(=O)C(NC(C)C)c1scnc1C. The van der Waals surface area contributed by atoms with Crippen LogP contribution in [0.4, 0.5) is 0 Å². The first-order chi connectivity index (χ1) is 7.56. The van der Waals surface area contributed by atoms with Crippen LogP contribution in [0.3, 0.4) is 0 Å². The molecule has 0 spiro atoms. The van der Waals surface area contributed by atoms with Gasteiger partial charge in [0.25, 0.3) is 0 Å². The van der Waals surface area contributed by atoms with E-state index in [1.165, 1.54) is 11.3 Å². The van der Waals surface area contributed by atoms with Gasteiger partial charge in [-0.3, -0.25) is 5.32 Å². The molecule has 4 nitrogen and oxygen atoms in total. The largest absolute Gasteiger partial charge is 0.465 e. The molecule has 1 rings (SSSR count). The van der Waals surface area contributed by atoms with Crippen LogP contribution >= 0.6 is 11.3 Å². The lowest BCUT2D eigenvalue weighted by Gasteiger charge is -2.18. The van der Waals surface area contributed by atoms with E-state index in [-0.39, 0.29) is 12.0 Å². The van der Waals surface area contributed by atoms with Crippen LogP contribution in [0, 0.1) is 6.92 Å². The highest BCUT2D eigenvalue weighted by molar-refractivity contribution is 7.10. The zero-order valence-electron chi connectivity index (χ0n) is 10.1. The molecule has 1 atom stereocenters. The molecule has 1 aromatic rings. The van der Waals surface area contributed by atoms with E-state index < -0.39 is 6.04 Å². The van der Waals surface area contributed by atoms with Gasteiger partial charge in [0.05, 0.1) is 22.7 Å². The molecule has 1 aromatic heterocycles. The summed E-state index contributed by atoms with van der Waals surface area (Å²) >= 11 is 1.48. The van der Waals surface area contributed by atoms with Gasteiger partial charge in [-0.2, -0.15) is 0 Å². The fourth-order valence-electron chi connectivity index (χ4n) is 1.40. The van der Waals surface area contributed by atoms with Crippen molar-refractivity contribution in [3.63, 3.8) is 0 Å². The molecule has 0 fully saturated rings. The van der Waals surface area contributed by atoms with Crippen LogP contribution in [-0.2, 0) is 9.53 Å². The van der Waals surface area contributed by atoms with Crippen molar-refractivity contribution in [2.75, 3.05) is 6.61 Å². The molecule has 1 unspecified atom stereocenters. The molecule has 0 radical (unpaired) electrons. The Bertz CT molecular complexity index is 350. The summed E-state index contributed by atoms with van der Waals surface area (Å²) in [5, 5.41) is 3.20. The van der Waals surface area contributed by atoms with Crippen molar-refractivity contribution < 1.29 is 9.53 Å². The number of nitrogens with zero attached hydrogens (tertiary/aromatic N) is 1. The number of thiazole rings is 1. The first kappa shape index (κ1) is 13.1. The van der Waals surface area contributed by atoms with Gasteiger partial charge in [0.2, 0.25) is 0 Å². The quantitative estimate of drug-likeness (QED) is 0.803. The standard InChI is InChI=1S/C11H18N2O2S/c1-5-15-11(14)9(13-7(2)3)10-8(4)12-6-16-10/h6-7,9,13H,5H2,1-4H3. The lowest BCUT2D eigenvalue weighted by molar-refractivity contribution is -0.146. The predicted octanol–water partition coefficient (Wildman–Crippen LogP) is 2.05. The third kappa shape index (κ3) is 3.28. The molecule has 5 heteroatoms. The van der Waals surface area contributed by atoms with Crippen molar-refractivity contribution in [2.24, 2.45) is 0 Å². The minimum atomic E-state index is -0.396. The summed E-state index contributed by atoms with van der Waals surface area (Å²) < 4.78 is 5.06. The van der Waals surface area contributed by atoms with Crippen LogP contribution in [0.25, 0.3) is 0 Å². The molecule has 0 bridgehead atoms. The van der Waals surface area contributed by atoms with Gasteiger partial charge < -0.3 is 4.74 Å². The molecule has 0 aliphatic rings. The van der Waals surface area contributed by atoms with Gasteiger partial charge in [-0.15, -0.1) is 11.3 Å². The average molecular weight is 242 g/mol. The minimum absolute atomic E-state index is 0.218. The number of esters is 1. The minimum Gasteiger partial charge on any atom is -0.465 e. The van der Waals surface area contributed by atoms with Gasteiger partial charge in [0, 0.05) is 6.04 Å². The summed E-state index contributed by atoms with van der Waals surface area (Å²) in [6, 6.07) is -0.177. The monoisotopic (exact) mass is 242 g/mol. The van der Waals surface area contributed by atoms with E-state index in [9.17, 15) is 4.79 Å². The molecule has 16 heavy (non-hydrogen) atoms. The van der Waals surface area contributed by atoms with Crippen LogP contribution in [0.2, 0.25) is 0 Å². The number of rotatable bonds is 5. The number of nitrogens with one attached hydrogen (secondary N) is 1. The zero-order valence-corrected chi connectivity index (χ0v) is 10.9. The maximum absolute atomic E-state index is 11.8. The molecule has 0 amide bonds. The Hall–Kier alpha value is -0.940. The molecule has 1 heterocycles. The summed E-state index contributed by atoms with van der Waals surface area (Å²) in [7, 11) is 0. The van der Waals surface area contributed by atoms with Gasteiger partial charge in [0.15, 0.2) is 0 Å². The molecule has 90 valence electrons. The predicted molar refractivity (Wildman–Crippen MR) is 64.5 cm³/mol. The highest BCUT2D eigenvalue weighted by atomic mass is 32.1. The molecule has 0 saturated carbocycles. The van der Waals surface area contributed by atoms with E-state index in [1.807, 2.05) is 27.7 Å². The number of hydrogen-bond donors (Lipinski definition) is 1. The third-order valence-electron chi connectivity index (χ3n) is 2.07. The average Bonchev–Trinajstić information content (AvgIpc) is 2.61. The normalized spacial score (nSPS) is 12.8. The fourth-order valence-corrected chi connectivity index (χ4v) is 2.25. The van der Waals surface area contributed by atoms with E-state index in [4.69, 9.17) is 4.74 Å². The Morgan fingerprint density at radius 3 is 2.75 bits per heavy atom. The van der Waals surface area contributed by atoms with Crippen molar-refractivity contribution in [2.45, 2.75) is 39.8 Å². The van der Waals surface area contributed by atoms with Gasteiger partial charge in [-0.1, -0.05) is 0 Å². The fraction of sp³-hybridized carbons (Fsp3) is 0.636. The second kappa shape index (κ2) is 5.96. The number of carbonyl (C=O) groups is 1. The Morgan fingerprint density at radius 2 is 2.31 bits per heavy atom. The van der Waals surface area contributed by atoms with Crippen molar-refractivity contribution in [1.29, 1.82) is 0 Å². The summed E-state index contributed by atoms with van der Waals surface area (Å²) in [6.45, 7) is 8.11. The molecule has 0 aromatic carbocycles. The highest BCUT2D eigenvalue weighted by Gasteiger charge is 2.25. The van der Waals surface area contributed by atoms with Gasteiger partial charge in [-0.05, 0) is 27.7 Å². The molecular weight excluding hydrogens is 224 g/mol. The van der Waals surface area contributed by atoms with E-state index in [1.54, 1.807) is 5.51 Å². The smallest absolute Gasteiger partial charge is 0.328 e. The number of aromatic nitrogens is 1. The summed E-state index contributed by atoms with van der Waals surface area (Å²) in [4.78, 5) is 16.9. The van der Waals surface area contributed by atoms with Crippen LogP contribution in [-0.4, -0.2) is 23.6 Å². The van der Waals surface area contributed by atoms with E-state index in [0.717, 1.165) is 10.6 Å². The topological polar surface area (TPSA) is 51.2 Å². The molecule has 1 N–H and O–H groups in total. The molecule has 0 aliphatic carbocycles.